The second-order valence-corrected chi connectivity index (χ2v) is 7.04. The van der Waals surface area contributed by atoms with Crippen LogP contribution in [0.3, 0.4) is 0 Å². The van der Waals surface area contributed by atoms with E-state index in [-0.39, 0.29) is 5.97 Å². The molecule has 0 aliphatic carbocycles. The van der Waals surface area contributed by atoms with Crippen LogP contribution in [0.1, 0.15) is 33.3 Å². The van der Waals surface area contributed by atoms with Crippen LogP contribution in [0, 0.1) is 0 Å². The summed E-state index contributed by atoms with van der Waals surface area (Å²) in [6.07, 6.45) is 1.57. The van der Waals surface area contributed by atoms with E-state index in [1.54, 1.807) is 36.0 Å². The monoisotopic (exact) mass is 378 g/mol. The standard InChI is InChI=1S/C12H19N2O4PS.2C2H6/c1-14(19)11(12(15)18-2)8-9-4-6-10(7-5-9)13-20(3,16)17;2*1-2/h4-7,11,13H,8,19H2,1-3H3;2*1-2H3/t11-;;/m0../s1. The van der Waals surface area contributed by atoms with Gasteiger partial charge in [0.15, 0.2) is 0 Å². The van der Waals surface area contributed by atoms with Gasteiger partial charge in [0, 0.05) is 5.69 Å². The van der Waals surface area contributed by atoms with Gasteiger partial charge in [-0.25, -0.2) is 8.42 Å². The van der Waals surface area contributed by atoms with Crippen LogP contribution in [0.4, 0.5) is 5.69 Å². The number of benzene rings is 1. The number of hydrogen-bond donors (Lipinski definition) is 1. The van der Waals surface area contributed by atoms with Crippen LogP contribution in [0.25, 0.3) is 0 Å². The highest BCUT2D eigenvalue weighted by Gasteiger charge is 2.21. The van der Waals surface area contributed by atoms with Crippen molar-refractivity contribution in [1.82, 2.24) is 4.67 Å². The lowest BCUT2D eigenvalue weighted by Gasteiger charge is -2.21. The Morgan fingerprint density at radius 1 is 1.21 bits per heavy atom. The average Bonchev–Trinajstić information content (AvgIpc) is 2.55. The van der Waals surface area contributed by atoms with Gasteiger partial charge in [-0.05, 0) is 31.2 Å². The minimum absolute atomic E-state index is 0.319. The molecule has 0 bridgehead atoms. The van der Waals surface area contributed by atoms with Gasteiger partial charge in [0.2, 0.25) is 10.0 Å². The average molecular weight is 378 g/mol. The fourth-order valence-corrected chi connectivity index (χ4v) is 2.47. The Kier molecular flexibility index (Phi) is 13.7. The molecule has 6 nitrogen and oxygen atoms in total. The van der Waals surface area contributed by atoms with Crippen LogP contribution in [0.2, 0.25) is 0 Å². The van der Waals surface area contributed by atoms with Crippen LogP contribution in [0.15, 0.2) is 24.3 Å². The van der Waals surface area contributed by atoms with E-state index in [1.807, 2.05) is 27.7 Å². The number of likely N-dealkylation sites (N-methyl/N-ethyl adjacent to an activating group) is 1. The van der Waals surface area contributed by atoms with Gasteiger partial charge in [-0.3, -0.25) is 14.2 Å². The highest BCUT2D eigenvalue weighted by Crippen LogP contribution is 2.16. The fraction of sp³-hybridized carbons (Fsp3) is 0.562. The second-order valence-electron chi connectivity index (χ2n) is 4.48. The maximum atomic E-state index is 11.6. The molecule has 0 aliphatic rings. The molecule has 1 aromatic carbocycles. The molecule has 24 heavy (non-hydrogen) atoms. The fourth-order valence-electron chi connectivity index (χ4n) is 1.68. The predicted molar refractivity (Wildman–Crippen MR) is 105 cm³/mol. The smallest absolute Gasteiger partial charge is 0.323 e. The van der Waals surface area contributed by atoms with Crippen LogP contribution in [-0.4, -0.2) is 45.5 Å². The number of nitrogens with zero attached hydrogens (tertiary/aromatic N) is 1. The minimum atomic E-state index is -3.28. The molecule has 0 saturated heterocycles. The van der Waals surface area contributed by atoms with Crippen molar-refractivity contribution < 1.29 is 17.9 Å². The number of nitrogens with one attached hydrogen (secondary N) is 1. The predicted octanol–water partition coefficient (Wildman–Crippen LogP) is 2.92. The van der Waals surface area contributed by atoms with Crippen LogP contribution in [0.5, 0.6) is 0 Å². The zero-order chi connectivity index (χ0) is 19.3. The number of methoxy groups -OCH3 is 1. The SMILES string of the molecule is CC.CC.COC(=O)[C@H](Cc1ccc(NS(C)(=O)=O)cc1)N(C)P. The zero-order valence-electron chi connectivity index (χ0n) is 15.7. The van der Waals surface area contributed by atoms with Crippen molar-refractivity contribution in [2.45, 2.75) is 40.2 Å². The molecule has 1 aromatic rings. The van der Waals surface area contributed by atoms with Crippen LogP contribution in [-0.2, 0) is 26.0 Å². The van der Waals surface area contributed by atoms with Gasteiger partial charge in [0.05, 0.1) is 13.4 Å². The van der Waals surface area contributed by atoms with E-state index in [2.05, 4.69) is 14.1 Å². The van der Waals surface area contributed by atoms with E-state index in [0.717, 1.165) is 11.8 Å². The molecule has 0 radical (unpaired) electrons. The molecule has 0 saturated carbocycles. The number of hydrogen-bond acceptors (Lipinski definition) is 5. The summed E-state index contributed by atoms with van der Waals surface area (Å²) in [4.78, 5) is 11.6. The van der Waals surface area contributed by atoms with E-state index in [1.165, 1.54) is 7.11 Å². The van der Waals surface area contributed by atoms with Crippen molar-refractivity contribution in [3.8, 4) is 0 Å². The molecule has 0 fully saturated rings. The van der Waals surface area contributed by atoms with Gasteiger partial charge in [-0.1, -0.05) is 49.2 Å². The lowest BCUT2D eigenvalue weighted by atomic mass is 10.1. The van der Waals surface area contributed by atoms with Crippen LogP contribution < -0.4 is 4.72 Å². The van der Waals surface area contributed by atoms with E-state index in [9.17, 15) is 13.2 Å². The quantitative estimate of drug-likeness (QED) is 0.608. The van der Waals surface area contributed by atoms with Gasteiger partial charge in [-0.2, -0.15) is 0 Å². The van der Waals surface area contributed by atoms with E-state index >= 15 is 0 Å². The zero-order valence-corrected chi connectivity index (χ0v) is 17.6. The molecule has 140 valence electrons. The molecular weight excluding hydrogens is 347 g/mol. The Balaban J connectivity index is 0. The molecule has 0 aromatic heterocycles. The number of carbonyl (C=O) groups excluding carboxylic acids is 1. The highest BCUT2D eigenvalue weighted by molar-refractivity contribution is 7.92. The van der Waals surface area contributed by atoms with Gasteiger partial charge < -0.3 is 4.74 Å². The first kappa shape index (κ1) is 25.1. The van der Waals surface area contributed by atoms with Crippen molar-refractivity contribution in [3.63, 3.8) is 0 Å². The van der Waals surface area contributed by atoms with Gasteiger partial charge in [0.1, 0.15) is 6.04 Å². The number of rotatable bonds is 6. The number of esters is 1. The molecule has 8 heteroatoms. The molecule has 1 unspecified atom stereocenters. The van der Waals surface area contributed by atoms with Crippen molar-refractivity contribution in [3.05, 3.63) is 29.8 Å². The summed E-state index contributed by atoms with van der Waals surface area (Å²) in [5, 5.41) is 0. The molecule has 0 heterocycles. The van der Waals surface area contributed by atoms with E-state index in [4.69, 9.17) is 4.74 Å². The summed E-state index contributed by atoms with van der Waals surface area (Å²) in [6.45, 7) is 8.00. The maximum absolute atomic E-state index is 11.6. The molecular formula is C16H31N2O4PS. The molecule has 1 N–H and O–H groups in total. The summed E-state index contributed by atoms with van der Waals surface area (Å²) in [5.41, 5.74) is 1.40. The number of ether oxygens (including phenoxy) is 1. The van der Waals surface area contributed by atoms with E-state index in [0.29, 0.717) is 12.1 Å². The molecule has 0 amide bonds. The third kappa shape index (κ3) is 10.6. The molecule has 0 aliphatic heterocycles. The molecule has 1 rings (SSSR count). The topological polar surface area (TPSA) is 75.7 Å². The summed E-state index contributed by atoms with van der Waals surface area (Å²) in [5.74, 6) is -0.319. The Morgan fingerprint density at radius 2 is 1.67 bits per heavy atom. The lowest BCUT2D eigenvalue weighted by Crippen LogP contribution is -2.35. The number of sulfonamides is 1. The normalized spacial score (nSPS) is 11.4. The van der Waals surface area contributed by atoms with Gasteiger partial charge in [-0.15, -0.1) is 0 Å². The summed E-state index contributed by atoms with van der Waals surface area (Å²) in [7, 11) is 2.28. The molecule has 2 atom stereocenters. The van der Waals surface area contributed by atoms with Gasteiger partial charge >= 0.3 is 5.97 Å². The van der Waals surface area contributed by atoms with Crippen molar-refractivity contribution in [2.75, 3.05) is 25.1 Å². The summed E-state index contributed by atoms with van der Waals surface area (Å²) >= 11 is 0. The molecule has 0 spiro atoms. The minimum Gasteiger partial charge on any atom is -0.468 e. The van der Waals surface area contributed by atoms with Crippen molar-refractivity contribution in [2.24, 2.45) is 0 Å². The first-order valence-electron chi connectivity index (χ1n) is 7.85. The number of carbonyl (C=O) groups is 1. The number of anilines is 1. The second kappa shape index (κ2) is 13.2. The first-order chi connectivity index (χ1) is 11.2. The van der Waals surface area contributed by atoms with Crippen molar-refractivity contribution >= 4 is 31.1 Å². The Morgan fingerprint density at radius 3 is 2.00 bits per heavy atom. The summed E-state index contributed by atoms with van der Waals surface area (Å²) < 4.78 is 31.0. The largest absolute Gasteiger partial charge is 0.468 e. The first-order valence-corrected chi connectivity index (χ1v) is 10.3. The van der Waals surface area contributed by atoms with E-state index < -0.39 is 16.1 Å². The van der Waals surface area contributed by atoms with Crippen LogP contribution >= 0.6 is 9.39 Å². The Labute approximate surface area is 149 Å². The Hall–Kier alpha value is -1.17. The highest BCUT2D eigenvalue weighted by atomic mass is 32.2. The lowest BCUT2D eigenvalue weighted by molar-refractivity contribution is -0.144. The maximum Gasteiger partial charge on any atom is 0.323 e. The van der Waals surface area contributed by atoms with Gasteiger partial charge in [0.25, 0.3) is 0 Å². The third-order valence-corrected chi connectivity index (χ3v) is 3.62. The summed E-state index contributed by atoms with van der Waals surface area (Å²) in [6, 6.07) is 6.47. The third-order valence-electron chi connectivity index (χ3n) is 2.65. The Bertz CT molecular complexity index is 560. The van der Waals surface area contributed by atoms with Crippen molar-refractivity contribution in [1.29, 1.82) is 0 Å².